The molecular weight excluding hydrogens is 434 g/mol. The van der Waals surface area contributed by atoms with Crippen molar-refractivity contribution in [2.24, 2.45) is 0 Å². The Morgan fingerprint density at radius 1 is 0.939 bits per heavy atom. The van der Waals surface area contributed by atoms with Gasteiger partial charge in [0.2, 0.25) is 0 Å². The Balaban J connectivity index is 1.71. The number of ether oxygens (including phenoxy) is 4. The molecule has 170 valence electrons. The van der Waals surface area contributed by atoms with Gasteiger partial charge in [-0.25, -0.2) is 18.3 Å². The van der Waals surface area contributed by atoms with E-state index in [1.165, 1.54) is 27.4 Å². The van der Waals surface area contributed by atoms with E-state index in [4.69, 9.17) is 18.9 Å². The standard InChI is InChI=1S/C24H20F2N2O5/c1-30-20-9-7-18(25)23(26)17(20)13-33-22-11-16(6-8-21(22)31-2)28-19-10-14(24(29)32-3)4-5-15(19)12-27-28/h4-12H,13H2,1-3H3. The molecule has 0 bridgehead atoms. The van der Waals surface area contributed by atoms with Crippen LogP contribution in [0.5, 0.6) is 17.2 Å². The van der Waals surface area contributed by atoms with Gasteiger partial charge < -0.3 is 18.9 Å². The van der Waals surface area contributed by atoms with Gasteiger partial charge in [-0.2, -0.15) is 5.10 Å². The summed E-state index contributed by atoms with van der Waals surface area (Å²) >= 11 is 0. The summed E-state index contributed by atoms with van der Waals surface area (Å²) < 4.78 is 50.7. The Morgan fingerprint density at radius 2 is 1.70 bits per heavy atom. The average molecular weight is 454 g/mol. The topological polar surface area (TPSA) is 71.8 Å². The number of rotatable bonds is 7. The molecule has 1 heterocycles. The van der Waals surface area contributed by atoms with Gasteiger partial charge in [0, 0.05) is 11.5 Å². The lowest BCUT2D eigenvalue weighted by Crippen LogP contribution is -2.05. The molecule has 0 aliphatic heterocycles. The highest BCUT2D eigenvalue weighted by Crippen LogP contribution is 2.33. The average Bonchev–Trinajstić information content (AvgIpc) is 3.27. The number of hydrogen-bond acceptors (Lipinski definition) is 6. The lowest BCUT2D eigenvalue weighted by Gasteiger charge is -2.15. The van der Waals surface area contributed by atoms with Crippen LogP contribution in [0.4, 0.5) is 8.78 Å². The van der Waals surface area contributed by atoms with Crippen molar-refractivity contribution < 1.29 is 32.5 Å². The maximum Gasteiger partial charge on any atom is 0.337 e. The Morgan fingerprint density at radius 3 is 2.42 bits per heavy atom. The summed E-state index contributed by atoms with van der Waals surface area (Å²) in [4.78, 5) is 11.9. The van der Waals surface area contributed by atoms with E-state index in [0.29, 0.717) is 22.5 Å². The first-order valence-electron chi connectivity index (χ1n) is 9.85. The first-order chi connectivity index (χ1) is 16.0. The highest BCUT2D eigenvalue weighted by Gasteiger charge is 2.17. The van der Waals surface area contributed by atoms with Gasteiger partial charge >= 0.3 is 5.97 Å². The molecule has 1 aromatic heterocycles. The molecule has 0 aliphatic rings. The summed E-state index contributed by atoms with van der Waals surface area (Å²) in [6.07, 6.45) is 1.66. The van der Waals surface area contributed by atoms with Crippen LogP contribution in [0.1, 0.15) is 15.9 Å². The number of aromatic nitrogens is 2. The fraction of sp³-hybridized carbons (Fsp3) is 0.167. The zero-order valence-corrected chi connectivity index (χ0v) is 18.1. The van der Waals surface area contributed by atoms with Gasteiger partial charge in [-0.1, -0.05) is 6.07 Å². The number of carbonyl (C=O) groups excluding carboxylic acids is 1. The predicted molar refractivity (Wildman–Crippen MR) is 116 cm³/mol. The van der Waals surface area contributed by atoms with Crippen LogP contribution in [-0.2, 0) is 11.3 Å². The Kier molecular flexibility index (Phi) is 6.12. The molecule has 9 heteroatoms. The van der Waals surface area contributed by atoms with Gasteiger partial charge in [0.25, 0.3) is 0 Å². The lowest BCUT2D eigenvalue weighted by atomic mass is 10.1. The van der Waals surface area contributed by atoms with Crippen molar-refractivity contribution in [3.8, 4) is 22.9 Å². The van der Waals surface area contributed by atoms with Crippen LogP contribution >= 0.6 is 0 Å². The largest absolute Gasteiger partial charge is 0.496 e. The zero-order valence-electron chi connectivity index (χ0n) is 18.1. The minimum atomic E-state index is -1.04. The van der Waals surface area contributed by atoms with E-state index in [1.54, 1.807) is 47.3 Å². The first-order valence-corrected chi connectivity index (χ1v) is 9.85. The molecule has 0 unspecified atom stereocenters. The van der Waals surface area contributed by atoms with Gasteiger partial charge in [0.15, 0.2) is 23.1 Å². The van der Waals surface area contributed by atoms with Crippen molar-refractivity contribution in [2.45, 2.75) is 6.61 Å². The monoisotopic (exact) mass is 454 g/mol. The third-order valence-corrected chi connectivity index (χ3v) is 5.13. The number of methoxy groups -OCH3 is 3. The molecule has 0 amide bonds. The minimum Gasteiger partial charge on any atom is -0.496 e. The van der Waals surface area contributed by atoms with Gasteiger partial charge in [-0.3, -0.25) is 0 Å². The Bertz CT molecular complexity index is 1340. The summed E-state index contributed by atoms with van der Waals surface area (Å²) in [6.45, 7) is -0.293. The highest BCUT2D eigenvalue weighted by molar-refractivity contribution is 5.94. The van der Waals surface area contributed by atoms with Gasteiger partial charge in [-0.05, 0) is 36.4 Å². The summed E-state index contributed by atoms with van der Waals surface area (Å²) in [5.41, 5.74) is 1.60. The first kappa shape index (κ1) is 22.1. The van der Waals surface area contributed by atoms with Crippen molar-refractivity contribution in [3.63, 3.8) is 0 Å². The van der Waals surface area contributed by atoms with Gasteiger partial charge in [-0.15, -0.1) is 0 Å². The van der Waals surface area contributed by atoms with E-state index in [-0.39, 0.29) is 23.7 Å². The van der Waals surface area contributed by atoms with Gasteiger partial charge in [0.1, 0.15) is 12.4 Å². The van der Waals surface area contributed by atoms with Gasteiger partial charge in [0.05, 0.1) is 49.9 Å². The second kappa shape index (κ2) is 9.15. The second-order valence-electron chi connectivity index (χ2n) is 6.99. The fourth-order valence-corrected chi connectivity index (χ4v) is 3.43. The molecule has 0 saturated heterocycles. The molecule has 0 aliphatic carbocycles. The molecule has 0 N–H and O–H groups in total. The normalized spacial score (nSPS) is 10.8. The molecular formula is C24H20F2N2O5. The van der Waals surface area contributed by atoms with E-state index in [9.17, 15) is 13.6 Å². The molecule has 3 aromatic carbocycles. The molecule has 0 spiro atoms. The van der Waals surface area contributed by atoms with E-state index >= 15 is 0 Å². The number of halogens is 2. The van der Waals surface area contributed by atoms with Crippen molar-refractivity contribution in [1.82, 2.24) is 9.78 Å². The predicted octanol–water partition coefficient (Wildman–Crippen LogP) is 4.69. The zero-order chi connectivity index (χ0) is 23.5. The summed E-state index contributed by atoms with van der Waals surface area (Å²) in [7, 11) is 4.15. The molecule has 0 saturated carbocycles. The number of carbonyl (C=O) groups is 1. The van der Waals surface area contributed by atoms with Crippen molar-refractivity contribution in [3.05, 3.63) is 77.5 Å². The molecule has 7 nitrogen and oxygen atoms in total. The van der Waals surface area contributed by atoms with Crippen LogP contribution in [0.15, 0.2) is 54.7 Å². The van der Waals surface area contributed by atoms with E-state index in [1.807, 2.05) is 0 Å². The molecule has 0 fully saturated rings. The van der Waals surface area contributed by atoms with E-state index in [2.05, 4.69) is 5.10 Å². The SMILES string of the molecule is COC(=O)c1ccc2cnn(-c3ccc(OC)c(OCc4c(OC)ccc(F)c4F)c3)c2c1. The van der Waals surface area contributed by atoms with Crippen LogP contribution in [0.2, 0.25) is 0 Å². The number of hydrogen-bond donors (Lipinski definition) is 0. The van der Waals surface area contributed by atoms with Crippen LogP contribution in [0.25, 0.3) is 16.6 Å². The van der Waals surface area contributed by atoms with Crippen LogP contribution in [0.3, 0.4) is 0 Å². The van der Waals surface area contributed by atoms with Crippen molar-refractivity contribution in [2.75, 3.05) is 21.3 Å². The number of fused-ring (bicyclic) bond motifs is 1. The molecule has 4 rings (SSSR count). The van der Waals surface area contributed by atoms with Crippen LogP contribution < -0.4 is 14.2 Å². The quantitative estimate of drug-likeness (QED) is 0.378. The summed E-state index contributed by atoms with van der Waals surface area (Å²) in [6, 6.07) is 12.5. The molecule has 0 atom stereocenters. The maximum atomic E-state index is 14.3. The summed E-state index contributed by atoms with van der Waals surface area (Å²) in [5, 5.41) is 5.21. The third kappa shape index (κ3) is 4.17. The Hall–Kier alpha value is -4.14. The van der Waals surface area contributed by atoms with Crippen LogP contribution in [0, 0.1) is 11.6 Å². The highest BCUT2D eigenvalue weighted by atomic mass is 19.2. The fourth-order valence-electron chi connectivity index (χ4n) is 3.43. The molecule has 4 aromatic rings. The third-order valence-electron chi connectivity index (χ3n) is 5.13. The second-order valence-corrected chi connectivity index (χ2v) is 6.99. The van der Waals surface area contributed by atoms with Crippen LogP contribution in [-0.4, -0.2) is 37.1 Å². The van der Waals surface area contributed by atoms with E-state index < -0.39 is 17.6 Å². The molecule has 33 heavy (non-hydrogen) atoms. The van der Waals surface area contributed by atoms with E-state index in [0.717, 1.165) is 11.5 Å². The maximum absolute atomic E-state index is 14.3. The minimum absolute atomic E-state index is 0.0581. The summed E-state index contributed by atoms with van der Waals surface area (Å²) in [5.74, 6) is -1.67. The van der Waals surface area contributed by atoms with Crippen molar-refractivity contribution >= 4 is 16.9 Å². The molecule has 0 radical (unpaired) electrons. The Labute approximate surface area is 188 Å². The number of nitrogens with zero attached hydrogens (tertiary/aromatic N) is 2. The lowest BCUT2D eigenvalue weighted by molar-refractivity contribution is 0.0601. The number of benzene rings is 3. The van der Waals surface area contributed by atoms with Crippen molar-refractivity contribution in [1.29, 1.82) is 0 Å². The smallest absolute Gasteiger partial charge is 0.337 e. The number of esters is 1.